The summed E-state index contributed by atoms with van der Waals surface area (Å²) in [4.78, 5) is 11.5. The van der Waals surface area contributed by atoms with Crippen molar-refractivity contribution in [3.63, 3.8) is 0 Å². The highest BCUT2D eigenvalue weighted by Gasteiger charge is 2.21. The second kappa shape index (κ2) is 5.96. The van der Waals surface area contributed by atoms with Crippen molar-refractivity contribution >= 4 is 17.7 Å². The number of hydrogen-bond acceptors (Lipinski definition) is 4. The van der Waals surface area contributed by atoms with Crippen LogP contribution in [0.5, 0.6) is 0 Å². The van der Waals surface area contributed by atoms with E-state index in [-0.39, 0.29) is 18.2 Å². The Bertz CT molecular complexity index is 322. The normalized spacial score (nSPS) is 14.4. The molecule has 4 nitrogen and oxygen atoms in total. The number of nitrogens with one attached hydrogen (secondary N) is 1. The molecule has 5 heteroatoms. The van der Waals surface area contributed by atoms with Crippen LogP contribution in [0.1, 0.15) is 23.9 Å². The molecule has 0 aliphatic carbocycles. The molecule has 1 heterocycles. The van der Waals surface area contributed by atoms with Crippen LogP contribution in [0.25, 0.3) is 0 Å². The summed E-state index contributed by atoms with van der Waals surface area (Å²) < 4.78 is 4.94. The van der Waals surface area contributed by atoms with Gasteiger partial charge in [-0.25, -0.2) is 0 Å². The third kappa shape index (κ3) is 4.28. The molecule has 1 aromatic rings. The molecule has 0 saturated carbocycles. The van der Waals surface area contributed by atoms with Gasteiger partial charge in [-0.3, -0.25) is 4.79 Å². The van der Waals surface area contributed by atoms with E-state index in [0.717, 1.165) is 5.75 Å². The van der Waals surface area contributed by atoms with Crippen LogP contribution in [0.15, 0.2) is 22.8 Å². The molecule has 90 valence electrons. The zero-order chi connectivity index (χ0) is 12.0. The largest absolute Gasteiger partial charge is 0.459 e. The molecule has 16 heavy (non-hydrogen) atoms. The summed E-state index contributed by atoms with van der Waals surface area (Å²) in [5.74, 6) is 0.832. The Morgan fingerprint density at radius 3 is 3.00 bits per heavy atom. The lowest BCUT2D eigenvalue weighted by Gasteiger charge is -2.22. The Hall–Kier alpha value is -0.940. The zero-order valence-corrected chi connectivity index (χ0v) is 10.3. The summed E-state index contributed by atoms with van der Waals surface area (Å²) in [6, 6.07) is 3.24. The number of rotatable bonds is 6. The molecule has 1 rings (SSSR count). The van der Waals surface area contributed by atoms with Crippen LogP contribution in [0.2, 0.25) is 0 Å². The topological polar surface area (TPSA) is 62.5 Å². The Morgan fingerprint density at radius 1 is 1.69 bits per heavy atom. The number of furan rings is 1. The summed E-state index contributed by atoms with van der Waals surface area (Å²) >= 11 is 1.67. The quantitative estimate of drug-likeness (QED) is 0.795. The maximum absolute atomic E-state index is 11.5. The van der Waals surface area contributed by atoms with Crippen molar-refractivity contribution in [2.75, 3.05) is 18.6 Å². The van der Waals surface area contributed by atoms with Gasteiger partial charge in [-0.2, -0.15) is 11.8 Å². The molecule has 0 spiro atoms. The highest BCUT2D eigenvalue weighted by molar-refractivity contribution is 7.98. The van der Waals surface area contributed by atoms with Crippen molar-refractivity contribution in [3.05, 3.63) is 24.2 Å². The number of hydrogen-bond donors (Lipinski definition) is 2. The van der Waals surface area contributed by atoms with Gasteiger partial charge in [-0.05, 0) is 37.5 Å². The first kappa shape index (κ1) is 13.1. The van der Waals surface area contributed by atoms with Gasteiger partial charge in [0.1, 0.15) is 0 Å². The summed E-state index contributed by atoms with van der Waals surface area (Å²) in [6.07, 6.45) is 4.07. The highest BCUT2D eigenvalue weighted by atomic mass is 32.2. The molecule has 1 aromatic heterocycles. The zero-order valence-electron chi connectivity index (χ0n) is 9.53. The molecule has 0 aromatic carbocycles. The van der Waals surface area contributed by atoms with Crippen LogP contribution in [-0.4, -0.2) is 35.2 Å². The molecular weight excluding hydrogens is 226 g/mol. The molecule has 0 radical (unpaired) electrons. The number of carbonyl (C=O) groups is 1. The Balaban J connectivity index is 2.36. The summed E-state index contributed by atoms with van der Waals surface area (Å²) in [5.41, 5.74) is -0.870. The van der Waals surface area contributed by atoms with Gasteiger partial charge >= 0.3 is 0 Å². The van der Waals surface area contributed by atoms with Gasteiger partial charge in [-0.1, -0.05) is 0 Å². The van der Waals surface area contributed by atoms with Gasteiger partial charge in [-0.15, -0.1) is 0 Å². The van der Waals surface area contributed by atoms with Gasteiger partial charge < -0.3 is 14.8 Å². The first-order valence-corrected chi connectivity index (χ1v) is 6.47. The van der Waals surface area contributed by atoms with Crippen molar-refractivity contribution in [1.29, 1.82) is 0 Å². The molecular formula is C11H17NO3S. The number of carbonyl (C=O) groups excluding carboxylic acids is 1. The maximum Gasteiger partial charge on any atom is 0.287 e. The van der Waals surface area contributed by atoms with Crippen LogP contribution in [-0.2, 0) is 0 Å². The SMILES string of the molecule is CSCC[C@@](C)(O)CNC(=O)c1ccco1. The maximum atomic E-state index is 11.5. The van der Waals surface area contributed by atoms with Crippen molar-refractivity contribution < 1.29 is 14.3 Å². The van der Waals surface area contributed by atoms with Crippen LogP contribution in [0.3, 0.4) is 0 Å². The number of aliphatic hydroxyl groups is 1. The molecule has 0 saturated heterocycles. The minimum atomic E-state index is -0.870. The summed E-state index contributed by atoms with van der Waals surface area (Å²) in [6.45, 7) is 1.94. The molecule has 1 atom stereocenters. The number of thioether (sulfide) groups is 1. The van der Waals surface area contributed by atoms with Crippen LogP contribution in [0.4, 0.5) is 0 Å². The lowest BCUT2D eigenvalue weighted by molar-refractivity contribution is 0.0521. The first-order chi connectivity index (χ1) is 7.55. The van der Waals surface area contributed by atoms with E-state index in [2.05, 4.69) is 5.32 Å². The van der Waals surface area contributed by atoms with Crippen molar-refractivity contribution in [2.24, 2.45) is 0 Å². The second-order valence-corrected chi connectivity index (χ2v) is 4.89. The van der Waals surface area contributed by atoms with E-state index < -0.39 is 5.60 Å². The minimum absolute atomic E-state index is 0.229. The van der Waals surface area contributed by atoms with E-state index in [0.29, 0.717) is 6.42 Å². The van der Waals surface area contributed by atoms with E-state index in [4.69, 9.17) is 4.42 Å². The van der Waals surface area contributed by atoms with Crippen molar-refractivity contribution in [1.82, 2.24) is 5.32 Å². The standard InChI is InChI=1S/C11H17NO3S/c1-11(14,5-7-16-2)8-12-10(13)9-4-3-6-15-9/h3-4,6,14H,5,7-8H2,1-2H3,(H,12,13)/t11-/m1/s1. The lowest BCUT2D eigenvalue weighted by Crippen LogP contribution is -2.40. The van der Waals surface area contributed by atoms with Crippen molar-refractivity contribution in [2.45, 2.75) is 18.9 Å². The summed E-state index contributed by atoms with van der Waals surface area (Å²) in [7, 11) is 0. The van der Waals surface area contributed by atoms with Gasteiger partial charge in [0.2, 0.25) is 0 Å². The van der Waals surface area contributed by atoms with E-state index in [1.165, 1.54) is 6.26 Å². The Kier molecular flexibility index (Phi) is 4.89. The summed E-state index contributed by atoms with van der Waals surface area (Å²) in [5, 5.41) is 12.6. The lowest BCUT2D eigenvalue weighted by atomic mass is 10.0. The number of amides is 1. The fraction of sp³-hybridized carbons (Fsp3) is 0.545. The van der Waals surface area contributed by atoms with Crippen LogP contribution in [0, 0.1) is 0 Å². The monoisotopic (exact) mass is 243 g/mol. The first-order valence-electron chi connectivity index (χ1n) is 5.08. The molecule has 2 N–H and O–H groups in total. The molecule has 0 aliphatic rings. The van der Waals surface area contributed by atoms with Gasteiger partial charge in [0.15, 0.2) is 5.76 Å². The van der Waals surface area contributed by atoms with E-state index in [9.17, 15) is 9.90 Å². The fourth-order valence-electron chi connectivity index (χ4n) is 1.18. The van der Waals surface area contributed by atoms with Gasteiger partial charge in [0.05, 0.1) is 11.9 Å². The second-order valence-electron chi connectivity index (χ2n) is 3.90. The highest BCUT2D eigenvalue weighted by Crippen LogP contribution is 2.11. The van der Waals surface area contributed by atoms with Crippen molar-refractivity contribution in [3.8, 4) is 0 Å². The molecule has 0 aliphatic heterocycles. The molecule has 0 bridgehead atoms. The van der Waals surface area contributed by atoms with Crippen LogP contribution >= 0.6 is 11.8 Å². The molecule has 0 fully saturated rings. The van der Waals surface area contributed by atoms with Gasteiger partial charge in [0, 0.05) is 6.54 Å². The smallest absolute Gasteiger partial charge is 0.287 e. The predicted octanol–water partition coefficient (Wildman–Crippen LogP) is 1.51. The molecule has 1 amide bonds. The Morgan fingerprint density at radius 2 is 2.44 bits per heavy atom. The van der Waals surface area contributed by atoms with Gasteiger partial charge in [0.25, 0.3) is 5.91 Å². The third-order valence-corrected chi connectivity index (χ3v) is 2.83. The van der Waals surface area contributed by atoms with E-state index >= 15 is 0 Å². The average molecular weight is 243 g/mol. The predicted molar refractivity (Wildman–Crippen MR) is 64.7 cm³/mol. The van der Waals surface area contributed by atoms with E-state index in [1.54, 1.807) is 30.8 Å². The average Bonchev–Trinajstić information content (AvgIpc) is 2.77. The molecule has 0 unspecified atom stereocenters. The minimum Gasteiger partial charge on any atom is -0.459 e. The Labute approximate surface area is 99.4 Å². The fourth-order valence-corrected chi connectivity index (χ4v) is 1.82. The van der Waals surface area contributed by atoms with Crippen LogP contribution < -0.4 is 5.32 Å². The van der Waals surface area contributed by atoms with E-state index in [1.807, 2.05) is 6.26 Å². The third-order valence-electron chi connectivity index (χ3n) is 2.22.